The van der Waals surface area contributed by atoms with Crippen molar-refractivity contribution < 1.29 is 0 Å². The van der Waals surface area contributed by atoms with Crippen LogP contribution in [0, 0.1) is 0 Å². The van der Waals surface area contributed by atoms with Crippen LogP contribution in [0.15, 0.2) is 73.3 Å². The summed E-state index contributed by atoms with van der Waals surface area (Å²) < 4.78 is 0. The van der Waals surface area contributed by atoms with Crippen LogP contribution in [0.2, 0.25) is 0 Å². The summed E-state index contributed by atoms with van der Waals surface area (Å²) in [6, 6.07) is 0. The minimum absolute atomic E-state index is 0.750. The van der Waals surface area contributed by atoms with Crippen molar-refractivity contribution >= 4 is 12.6 Å². The smallest absolute Gasteiger partial charge is 0.00320 e. The van der Waals surface area contributed by atoms with Gasteiger partial charge in [-0.2, -0.15) is 0 Å². The van der Waals surface area contributed by atoms with Gasteiger partial charge in [0.25, 0.3) is 0 Å². The van der Waals surface area contributed by atoms with Crippen LogP contribution < -0.4 is 0 Å². The van der Waals surface area contributed by atoms with Crippen LogP contribution in [0.25, 0.3) is 0 Å². The molecule has 0 spiro atoms. The maximum atomic E-state index is 3.90. The minimum Gasteiger partial charge on any atom is -0.144 e. The Kier molecular flexibility index (Phi) is 25.8. The van der Waals surface area contributed by atoms with E-state index in [1.807, 2.05) is 19.1 Å². The first-order chi connectivity index (χ1) is 8.45. The van der Waals surface area contributed by atoms with Crippen molar-refractivity contribution in [1.82, 2.24) is 0 Å². The SMILES string of the molecule is C=C/C=C\C(=C)C.C=C/C=C\C(=C)S.CCCC. The van der Waals surface area contributed by atoms with Crippen LogP contribution in [0.4, 0.5) is 0 Å². The average Bonchev–Trinajstić information content (AvgIpc) is 2.34. The molecule has 0 aliphatic rings. The molecule has 102 valence electrons. The zero-order chi connectivity index (χ0) is 14.8. The van der Waals surface area contributed by atoms with Gasteiger partial charge in [-0.1, -0.05) is 89.0 Å². The first-order valence-corrected chi connectivity index (χ1v) is 6.52. The molecule has 18 heavy (non-hydrogen) atoms. The molecule has 0 unspecified atom stereocenters. The van der Waals surface area contributed by atoms with Crippen molar-refractivity contribution in [1.29, 1.82) is 0 Å². The van der Waals surface area contributed by atoms with Crippen molar-refractivity contribution in [3.8, 4) is 0 Å². The molecule has 0 aromatic heterocycles. The second kappa shape index (κ2) is 21.1. The van der Waals surface area contributed by atoms with E-state index < -0.39 is 0 Å². The third kappa shape index (κ3) is 46.3. The predicted molar refractivity (Wildman–Crippen MR) is 92.2 cm³/mol. The zero-order valence-corrected chi connectivity index (χ0v) is 13.0. The normalized spacial score (nSPS) is 8.89. The Morgan fingerprint density at radius 1 is 0.944 bits per heavy atom. The second-order valence-electron chi connectivity index (χ2n) is 3.53. The van der Waals surface area contributed by atoms with E-state index in [1.165, 1.54) is 12.8 Å². The van der Waals surface area contributed by atoms with Gasteiger partial charge < -0.3 is 0 Å². The van der Waals surface area contributed by atoms with Crippen molar-refractivity contribution in [2.24, 2.45) is 0 Å². The molecule has 0 amide bonds. The predicted octanol–water partition coefficient (Wildman–Crippen LogP) is 6.28. The largest absolute Gasteiger partial charge is 0.144 e. The molecule has 0 saturated carbocycles. The first-order valence-electron chi connectivity index (χ1n) is 6.07. The van der Waals surface area contributed by atoms with E-state index in [9.17, 15) is 0 Å². The second-order valence-corrected chi connectivity index (χ2v) is 4.10. The van der Waals surface area contributed by atoms with Gasteiger partial charge in [0.15, 0.2) is 0 Å². The molecular weight excluding hydrogens is 236 g/mol. The number of thiol groups is 1. The van der Waals surface area contributed by atoms with Crippen molar-refractivity contribution in [3.05, 3.63) is 73.3 Å². The number of unbranched alkanes of at least 4 members (excludes halogenated alkanes) is 1. The lowest BCUT2D eigenvalue weighted by atomic mass is 10.3. The van der Waals surface area contributed by atoms with E-state index >= 15 is 0 Å². The maximum absolute atomic E-state index is 3.90. The molecule has 0 aromatic rings. The van der Waals surface area contributed by atoms with Gasteiger partial charge >= 0.3 is 0 Å². The summed E-state index contributed by atoms with van der Waals surface area (Å²) in [6.07, 6.45) is 13.4. The summed E-state index contributed by atoms with van der Waals surface area (Å²) in [5.41, 5.74) is 1.06. The summed E-state index contributed by atoms with van der Waals surface area (Å²) in [7, 11) is 0. The molecule has 0 aromatic carbocycles. The fourth-order valence-corrected chi connectivity index (χ4v) is 0.497. The molecule has 0 heterocycles. The number of hydrogen-bond donors (Lipinski definition) is 1. The standard InChI is InChI=1S/C7H10.C6H8S.C4H10/c1-4-5-6-7(2)3;1-3-4-5-6(2)7;1-3-4-2/h4-6H,1-2H2,3H3;3-5,7H,1-2H2;3-4H2,1-2H3/b6-5-;5-4-;. The van der Waals surface area contributed by atoms with E-state index in [-0.39, 0.29) is 0 Å². The van der Waals surface area contributed by atoms with Gasteiger partial charge in [0.05, 0.1) is 0 Å². The number of allylic oxidation sites excluding steroid dienone is 7. The van der Waals surface area contributed by atoms with Gasteiger partial charge in [-0.3, -0.25) is 0 Å². The molecule has 0 saturated heterocycles. The fraction of sp³-hybridized carbons (Fsp3) is 0.294. The Labute approximate surface area is 120 Å². The van der Waals surface area contributed by atoms with E-state index in [0.717, 1.165) is 10.5 Å². The van der Waals surface area contributed by atoms with Crippen LogP contribution in [0.5, 0.6) is 0 Å². The van der Waals surface area contributed by atoms with Crippen LogP contribution in [-0.4, -0.2) is 0 Å². The summed E-state index contributed by atoms with van der Waals surface area (Å²) >= 11 is 3.90. The van der Waals surface area contributed by atoms with Gasteiger partial charge in [-0.05, 0) is 17.9 Å². The Bertz CT molecular complexity index is 250. The highest BCUT2D eigenvalue weighted by atomic mass is 32.1. The summed E-state index contributed by atoms with van der Waals surface area (Å²) in [5, 5.41) is 0. The maximum Gasteiger partial charge on any atom is -0.00320 e. The Morgan fingerprint density at radius 3 is 1.44 bits per heavy atom. The monoisotopic (exact) mass is 264 g/mol. The highest BCUT2D eigenvalue weighted by Crippen LogP contribution is 1.95. The average molecular weight is 264 g/mol. The molecule has 0 atom stereocenters. The summed E-state index contributed by atoms with van der Waals surface area (Å²) in [5.74, 6) is 0. The van der Waals surface area contributed by atoms with Crippen LogP contribution in [0.1, 0.15) is 33.6 Å². The van der Waals surface area contributed by atoms with Crippen LogP contribution in [0.3, 0.4) is 0 Å². The minimum atomic E-state index is 0.750. The number of hydrogen-bond acceptors (Lipinski definition) is 1. The molecule has 0 radical (unpaired) electrons. The van der Waals surface area contributed by atoms with Gasteiger partial charge in [0.2, 0.25) is 0 Å². The van der Waals surface area contributed by atoms with Gasteiger partial charge in [0, 0.05) is 0 Å². The summed E-state index contributed by atoms with van der Waals surface area (Å²) in [6.45, 7) is 20.5. The third-order valence-corrected chi connectivity index (χ3v) is 1.59. The molecule has 1 heteroatoms. The van der Waals surface area contributed by atoms with E-state index in [0.29, 0.717) is 0 Å². The molecule has 0 aliphatic heterocycles. The molecule has 0 fully saturated rings. The highest BCUT2D eigenvalue weighted by molar-refractivity contribution is 7.84. The van der Waals surface area contributed by atoms with E-state index in [2.05, 4.69) is 52.8 Å². The molecule has 0 bridgehead atoms. The molecule has 0 rings (SSSR count). The Morgan fingerprint density at radius 2 is 1.33 bits per heavy atom. The topological polar surface area (TPSA) is 0 Å². The molecule has 0 aliphatic carbocycles. The van der Waals surface area contributed by atoms with Gasteiger partial charge in [0.1, 0.15) is 0 Å². The van der Waals surface area contributed by atoms with E-state index in [4.69, 9.17) is 0 Å². The van der Waals surface area contributed by atoms with Gasteiger partial charge in [-0.25, -0.2) is 0 Å². The lowest BCUT2D eigenvalue weighted by molar-refractivity contribution is 0.886. The number of rotatable bonds is 5. The Hall–Kier alpha value is -1.21. The third-order valence-electron chi connectivity index (χ3n) is 1.44. The zero-order valence-electron chi connectivity index (χ0n) is 12.2. The van der Waals surface area contributed by atoms with E-state index in [1.54, 1.807) is 24.3 Å². The van der Waals surface area contributed by atoms with Crippen molar-refractivity contribution in [3.63, 3.8) is 0 Å². The van der Waals surface area contributed by atoms with Gasteiger partial charge in [-0.15, -0.1) is 12.6 Å². The quantitative estimate of drug-likeness (QED) is 0.438. The Balaban J connectivity index is -0.000000196. The lowest BCUT2D eigenvalue weighted by Crippen LogP contribution is -1.55. The van der Waals surface area contributed by atoms with Crippen LogP contribution in [-0.2, 0) is 0 Å². The molecule has 0 N–H and O–H groups in total. The fourth-order valence-electron chi connectivity index (χ4n) is 0.411. The first kappa shape index (κ1) is 22.0. The lowest BCUT2D eigenvalue weighted by Gasteiger charge is -1.77. The molecular formula is C17H28S. The highest BCUT2D eigenvalue weighted by Gasteiger charge is 1.66. The van der Waals surface area contributed by atoms with Crippen molar-refractivity contribution in [2.45, 2.75) is 33.6 Å². The van der Waals surface area contributed by atoms with Crippen LogP contribution >= 0.6 is 12.6 Å². The summed E-state index contributed by atoms with van der Waals surface area (Å²) in [4.78, 5) is 0.750. The van der Waals surface area contributed by atoms with Crippen molar-refractivity contribution in [2.75, 3.05) is 0 Å². The molecule has 0 nitrogen and oxygen atoms in total.